The quantitative estimate of drug-likeness (QED) is 0.763. The highest BCUT2D eigenvalue weighted by Gasteiger charge is 2.26. The molecule has 0 unspecified atom stereocenters. The lowest BCUT2D eigenvalue weighted by atomic mass is 9.98. The molecule has 7 nitrogen and oxygen atoms in total. The summed E-state index contributed by atoms with van der Waals surface area (Å²) < 4.78 is 31.6. The Hall–Kier alpha value is -1.90. The number of rotatable bonds is 4. The van der Waals surface area contributed by atoms with Crippen LogP contribution in [0.3, 0.4) is 0 Å². The minimum absolute atomic E-state index is 0.0166. The molecule has 0 bridgehead atoms. The van der Waals surface area contributed by atoms with Crippen molar-refractivity contribution >= 4 is 27.3 Å². The first-order valence-electron chi connectivity index (χ1n) is 7.67. The largest absolute Gasteiger partial charge is 0.335 e. The maximum Gasteiger partial charge on any atom is 0.259 e. The third-order valence-corrected chi connectivity index (χ3v) is 6.14. The molecule has 0 aliphatic carbocycles. The summed E-state index contributed by atoms with van der Waals surface area (Å²) in [4.78, 5) is 8.40. The second kappa shape index (κ2) is 5.87. The van der Waals surface area contributed by atoms with Crippen LogP contribution < -0.4 is 4.72 Å². The fourth-order valence-electron chi connectivity index (χ4n) is 3.07. The van der Waals surface area contributed by atoms with E-state index in [1.54, 1.807) is 30.6 Å². The van der Waals surface area contributed by atoms with Gasteiger partial charge in [0.25, 0.3) is 10.0 Å². The minimum Gasteiger partial charge on any atom is -0.335 e. The zero-order valence-corrected chi connectivity index (χ0v) is 14.3. The maximum atomic E-state index is 12.7. The van der Waals surface area contributed by atoms with Crippen molar-refractivity contribution in [1.82, 2.24) is 23.7 Å². The van der Waals surface area contributed by atoms with Gasteiger partial charge in [-0.2, -0.15) is 0 Å². The van der Waals surface area contributed by atoms with Crippen LogP contribution in [0.15, 0.2) is 41.8 Å². The number of hydrogen-bond donors (Lipinski definition) is 1. The van der Waals surface area contributed by atoms with E-state index in [9.17, 15) is 8.42 Å². The van der Waals surface area contributed by atoms with Gasteiger partial charge in [0.15, 0.2) is 10.2 Å². The predicted molar refractivity (Wildman–Crippen MR) is 89.4 cm³/mol. The standard InChI is InChI=1S/C15H16ClN5O2S/c16-14-15(21-6-2-1-3-12(21)19-14)24(22,23)18-10-11-4-7-20-8-5-17-13(20)9-11/h1-3,5-6,8,11,18H,4,7,9-10H2/t11-/m1/s1. The first-order valence-corrected chi connectivity index (χ1v) is 9.53. The van der Waals surface area contributed by atoms with Gasteiger partial charge < -0.3 is 4.57 Å². The molecule has 3 aromatic heterocycles. The van der Waals surface area contributed by atoms with Crippen molar-refractivity contribution in [2.24, 2.45) is 5.92 Å². The average Bonchev–Trinajstić information content (AvgIpc) is 3.15. The Morgan fingerprint density at radius 2 is 2.21 bits per heavy atom. The molecule has 0 fully saturated rings. The van der Waals surface area contributed by atoms with E-state index in [2.05, 4.69) is 19.3 Å². The first kappa shape index (κ1) is 15.6. The molecule has 0 amide bonds. The Morgan fingerprint density at radius 1 is 1.33 bits per heavy atom. The van der Waals surface area contributed by atoms with Gasteiger partial charge in [0.1, 0.15) is 11.5 Å². The molecule has 24 heavy (non-hydrogen) atoms. The molecule has 1 aliphatic rings. The zero-order chi connectivity index (χ0) is 16.7. The summed E-state index contributed by atoms with van der Waals surface area (Å²) in [5.41, 5.74) is 0.502. The lowest BCUT2D eigenvalue weighted by Gasteiger charge is -2.23. The summed E-state index contributed by atoms with van der Waals surface area (Å²) in [5.74, 6) is 1.21. The highest BCUT2D eigenvalue weighted by molar-refractivity contribution is 7.89. The van der Waals surface area contributed by atoms with E-state index < -0.39 is 10.0 Å². The van der Waals surface area contributed by atoms with Crippen LogP contribution in [0.2, 0.25) is 5.15 Å². The summed E-state index contributed by atoms with van der Waals surface area (Å²) in [5, 5.41) is -0.0371. The van der Waals surface area contributed by atoms with Crippen LogP contribution >= 0.6 is 11.6 Å². The Balaban J connectivity index is 1.54. The van der Waals surface area contributed by atoms with Crippen molar-refractivity contribution in [2.45, 2.75) is 24.4 Å². The van der Waals surface area contributed by atoms with Gasteiger partial charge in [0, 0.05) is 38.1 Å². The van der Waals surface area contributed by atoms with Crippen molar-refractivity contribution in [3.63, 3.8) is 0 Å². The van der Waals surface area contributed by atoms with Crippen LogP contribution in [0.5, 0.6) is 0 Å². The molecule has 0 radical (unpaired) electrons. The molecule has 126 valence electrons. The number of halogens is 1. The molecule has 1 atom stereocenters. The SMILES string of the molecule is O=S(=O)(NC[C@@H]1CCn2ccnc2C1)c1c(Cl)nc2ccccn12. The highest BCUT2D eigenvalue weighted by atomic mass is 35.5. The molecule has 0 saturated heterocycles. The Kier molecular flexibility index (Phi) is 3.82. The van der Waals surface area contributed by atoms with Crippen molar-refractivity contribution in [2.75, 3.05) is 6.54 Å². The summed E-state index contributed by atoms with van der Waals surface area (Å²) in [6, 6.07) is 5.24. The third-order valence-electron chi connectivity index (χ3n) is 4.31. The lowest BCUT2D eigenvalue weighted by Crippen LogP contribution is -2.33. The Bertz CT molecular complexity index is 994. The van der Waals surface area contributed by atoms with Crippen molar-refractivity contribution in [3.8, 4) is 0 Å². The number of hydrogen-bond acceptors (Lipinski definition) is 4. The summed E-state index contributed by atoms with van der Waals surface area (Å²) in [6.45, 7) is 1.21. The molecular formula is C15H16ClN5O2S. The monoisotopic (exact) mass is 365 g/mol. The topological polar surface area (TPSA) is 81.3 Å². The molecule has 9 heteroatoms. The molecular weight excluding hydrogens is 350 g/mol. The molecule has 0 aromatic carbocycles. The normalized spacial score (nSPS) is 18.0. The Labute approximate surface area is 144 Å². The predicted octanol–water partition coefficient (Wildman–Crippen LogP) is 1.73. The van der Waals surface area contributed by atoms with Crippen LogP contribution in [-0.2, 0) is 23.0 Å². The molecule has 1 aliphatic heterocycles. The molecule has 3 aromatic rings. The van der Waals surface area contributed by atoms with Crippen LogP contribution in [-0.4, -0.2) is 33.9 Å². The van der Waals surface area contributed by atoms with Gasteiger partial charge in [-0.15, -0.1) is 0 Å². The van der Waals surface area contributed by atoms with E-state index in [4.69, 9.17) is 11.6 Å². The average molecular weight is 366 g/mol. The van der Waals surface area contributed by atoms with E-state index in [0.29, 0.717) is 12.2 Å². The summed E-state index contributed by atoms with van der Waals surface area (Å²) >= 11 is 6.06. The minimum atomic E-state index is -3.75. The van der Waals surface area contributed by atoms with Crippen molar-refractivity contribution < 1.29 is 8.42 Å². The maximum absolute atomic E-state index is 12.7. The number of fused-ring (bicyclic) bond motifs is 2. The number of sulfonamides is 1. The molecule has 0 saturated carbocycles. The second-order valence-electron chi connectivity index (χ2n) is 5.88. The van der Waals surface area contributed by atoms with E-state index in [1.807, 2.05) is 6.20 Å². The highest BCUT2D eigenvalue weighted by Crippen LogP contribution is 2.23. The van der Waals surface area contributed by atoms with Crippen LogP contribution in [0.1, 0.15) is 12.2 Å². The fraction of sp³-hybridized carbons (Fsp3) is 0.333. The van der Waals surface area contributed by atoms with Gasteiger partial charge in [0.2, 0.25) is 0 Å². The number of nitrogens with zero attached hydrogens (tertiary/aromatic N) is 4. The van der Waals surface area contributed by atoms with Crippen molar-refractivity contribution in [1.29, 1.82) is 0 Å². The van der Waals surface area contributed by atoms with Crippen LogP contribution in [0, 0.1) is 5.92 Å². The molecule has 0 spiro atoms. The zero-order valence-electron chi connectivity index (χ0n) is 12.8. The van der Waals surface area contributed by atoms with E-state index in [1.165, 1.54) is 4.40 Å². The lowest BCUT2D eigenvalue weighted by molar-refractivity contribution is 0.379. The smallest absolute Gasteiger partial charge is 0.259 e. The van der Waals surface area contributed by atoms with Gasteiger partial charge in [-0.25, -0.2) is 23.1 Å². The first-order chi connectivity index (χ1) is 11.5. The number of imidazole rings is 2. The summed E-state index contributed by atoms with van der Waals surface area (Å²) in [7, 11) is -3.75. The van der Waals surface area contributed by atoms with Crippen LogP contribution in [0.4, 0.5) is 0 Å². The van der Waals surface area contributed by atoms with Gasteiger partial charge in [-0.05, 0) is 24.5 Å². The second-order valence-corrected chi connectivity index (χ2v) is 7.92. The van der Waals surface area contributed by atoms with E-state index in [0.717, 1.165) is 25.2 Å². The van der Waals surface area contributed by atoms with Gasteiger partial charge in [-0.3, -0.25) is 4.40 Å². The number of nitrogens with one attached hydrogen (secondary N) is 1. The fourth-order valence-corrected chi connectivity index (χ4v) is 4.83. The third kappa shape index (κ3) is 2.70. The number of pyridine rings is 1. The Morgan fingerprint density at radius 3 is 3.08 bits per heavy atom. The molecule has 4 rings (SSSR count). The summed E-state index contributed by atoms with van der Waals surface area (Å²) in [6.07, 6.45) is 7.04. The number of aryl methyl sites for hydroxylation is 1. The van der Waals surface area contributed by atoms with Crippen molar-refractivity contribution in [3.05, 3.63) is 47.8 Å². The van der Waals surface area contributed by atoms with E-state index in [-0.39, 0.29) is 16.1 Å². The van der Waals surface area contributed by atoms with E-state index >= 15 is 0 Å². The molecule has 4 heterocycles. The van der Waals surface area contributed by atoms with Gasteiger partial charge >= 0.3 is 0 Å². The molecule has 1 N–H and O–H groups in total. The van der Waals surface area contributed by atoms with Gasteiger partial charge in [0.05, 0.1) is 0 Å². The van der Waals surface area contributed by atoms with Gasteiger partial charge in [-0.1, -0.05) is 17.7 Å². The van der Waals surface area contributed by atoms with Crippen LogP contribution in [0.25, 0.3) is 5.65 Å². The number of aromatic nitrogens is 4.